The Kier molecular flexibility index (Phi) is 5.22. The van der Waals surface area contributed by atoms with Crippen molar-refractivity contribution < 1.29 is 9.59 Å². The Morgan fingerprint density at radius 3 is 2.83 bits per heavy atom. The van der Waals surface area contributed by atoms with Gasteiger partial charge in [-0.05, 0) is 37.7 Å². The fourth-order valence-electron chi connectivity index (χ4n) is 4.45. The number of nitrogens with zero attached hydrogens (tertiary/aromatic N) is 1. The van der Waals surface area contributed by atoms with Crippen molar-refractivity contribution in [2.24, 2.45) is 5.41 Å². The molecular weight excluding hydrogens is 300 g/mol. The lowest BCUT2D eigenvalue weighted by Gasteiger charge is -2.50. The number of carbonyl (C=O) groups is 2. The summed E-state index contributed by atoms with van der Waals surface area (Å²) >= 11 is 0. The molecule has 24 heavy (non-hydrogen) atoms. The van der Waals surface area contributed by atoms with Gasteiger partial charge in [0.05, 0.1) is 5.41 Å². The Morgan fingerprint density at radius 1 is 1.25 bits per heavy atom. The summed E-state index contributed by atoms with van der Waals surface area (Å²) in [6, 6.07) is 10.5. The number of rotatable bonds is 5. The van der Waals surface area contributed by atoms with Crippen LogP contribution in [-0.2, 0) is 16.0 Å². The smallest absolute Gasteiger partial charge is 0.228 e. The maximum atomic E-state index is 13.0. The number of likely N-dealkylation sites (tertiary alicyclic amines) is 1. The van der Waals surface area contributed by atoms with Crippen LogP contribution in [0.3, 0.4) is 0 Å². The van der Waals surface area contributed by atoms with Gasteiger partial charge in [0.15, 0.2) is 0 Å². The molecule has 1 aliphatic carbocycles. The molecular formula is C20H28N2O2. The van der Waals surface area contributed by atoms with E-state index in [9.17, 15) is 9.59 Å². The van der Waals surface area contributed by atoms with Crippen LogP contribution in [0.1, 0.15) is 50.5 Å². The Labute approximate surface area is 144 Å². The van der Waals surface area contributed by atoms with Crippen LogP contribution in [0.25, 0.3) is 0 Å². The summed E-state index contributed by atoms with van der Waals surface area (Å²) < 4.78 is 0. The third kappa shape index (κ3) is 3.33. The second-order valence-electron chi connectivity index (χ2n) is 7.27. The van der Waals surface area contributed by atoms with Crippen molar-refractivity contribution in [2.45, 2.75) is 57.4 Å². The average molecular weight is 328 g/mol. The first kappa shape index (κ1) is 17.0. The minimum Gasteiger partial charge on any atom is -0.356 e. The molecule has 4 nitrogen and oxygen atoms in total. The molecule has 1 aliphatic heterocycles. The van der Waals surface area contributed by atoms with E-state index in [-0.39, 0.29) is 23.3 Å². The van der Waals surface area contributed by atoms with E-state index < -0.39 is 0 Å². The van der Waals surface area contributed by atoms with E-state index in [4.69, 9.17) is 0 Å². The van der Waals surface area contributed by atoms with Crippen molar-refractivity contribution in [1.82, 2.24) is 10.2 Å². The number of aryl methyl sites for hydroxylation is 1. The molecule has 0 unspecified atom stereocenters. The highest BCUT2D eigenvalue weighted by molar-refractivity contribution is 5.87. The lowest BCUT2D eigenvalue weighted by Crippen LogP contribution is -2.60. The van der Waals surface area contributed by atoms with Crippen LogP contribution >= 0.6 is 0 Å². The largest absolute Gasteiger partial charge is 0.356 e. The highest BCUT2D eigenvalue weighted by atomic mass is 16.2. The van der Waals surface area contributed by atoms with E-state index in [0.29, 0.717) is 19.4 Å². The Bertz CT molecular complexity index is 587. The molecule has 4 heteroatoms. The van der Waals surface area contributed by atoms with Gasteiger partial charge in [0.1, 0.15) is 0 Å². The predicted molar refractivity (Wildman–Crippen MR) is 94.5 cm³/mol. The van der Waals surface area contributed by atoms with Crippen LogP contribution in [0.2, 0.25) is 0 Å². The number of carbonyl (C=O) groups excluding carboxylic acids is 2. The van der Waals surface area contributed by atoms with Crippen molar-refractivity contribution in [1.29, 1.82) is 0 Å². The van der Waals surface area contributed by atoms with E-state index >= 15 is 0 Å². The predicted octanol–water partition coefficient (Wildman–Crippen LogP) is 2.92. The van der Waals surface area contributed by atoms with Crippen LogP contribution in [0.5, 0.6) is 0 Å². The molecule has 130 valence electrons. The monoisotopic (exact) mass is 328 g/mol. The van der Waals surface area contributed by atoms with E-state index in [0.717, 1.165) is 38.5 Å². The molecule has 1 aromatic carbocycles. The number of benzene rings is 1. The second-order valence-corrected chi connectivity index (χ2v) is 7.27. The molecule has 3 rings (SSSR count). The highest BCUT2D eigenvalue weighted by Crippen LogP contribution is 2.46. The standard InChI is InChI=1S/C20H28N2O2/c1-22-17-11-5-6-13-20(17,14-12-18(22)23)19(24)21-15-7-10-16-8-3-2-4-9-16/h2-4,8-9,17H,5-7,10-15H2,1H3,(H,21,24)/t17-,20-/m1/s1. The molecule has 0 aromatic heterocycles. The SMILES string of the molecule is CN1C(=O)CC[C@]2(C(=O)NCCCc3ccccc3)CCCC[C@@H]12. The molecule has 1 saturated heterocycles. The quantitative estimate of drug-likeness (QED) is 0.845. The van der Waals surface area contributed by atoms with Gasteiger partial charge in [-0.3, -0.25) is 9.59 Å². The zero-order chi connectivity index (χ0) is 17.0. The third-order valence-electron chi connectivity index (χ3n) is 5.86. The average Bonchev–Trinajstić information content (AvgIpc) is 2.63. The molecule has 2 amide bonds. The van der Waals surface area contributed by atoms with Gasteiger partial charge in [0, 0.05) is 26.1 Å². The minimum atomic E-state index is -0.354. The van der Waals surface area contributed by atoms with E-state index in [1.807, 2.05) is 30.1 Å². The summed E-state index contributed by atoms with van der Waals surface area (Å²) in [7, 11) is 1.87. The normalized spacial score (nSPS) is 26.8. The van der Waals surface area contributed by atoms with Crippen LogP contribution in [0.4, 0.5) is 0 Å². The number of piperidine rings is 1. The zero-order valence-corrected chi connectivity index (χ0v) is 14.6. The second kappa shape index (κ2) is 7.37. The van der Waals surface area contributed by atoms with Crippen LogP contribution in [0, 0.1) is 5.41 Å². The lowest BCUT2D eigenvalue weighted by molar-refractivity contribution is -0.153. The maximum Gasteiger partial charge on any atom is 0.228 e. The van der Waals surface area contributed by atoms with Gasteiger partial charge in [-0.2, -0.15) is 0 Å². The minimum absolute atomic E-state index is 0.0848. The first-order valence-electron chi connectivity index (χ1n) is 9.21. The molecule has 1 heterocycles. The topological polar surface area (TPSA) is 49.4 Å². The van der Waals surface area contributed by atoms with Gasteiger partial charge in [0.2, 0.25) is 11.8 Å². The lowest BCUT2D eigenvalue weighted by atomic mass is 9.64. The van der Waals surface area contributed by atoms with Crippen molar-refractivity contribution in [3.8, 4) is 0 Å². The van der Waals surface area contributed by atoms with Crippen molar-refractivity contribution in [3.63, 3.8) is 0 Å². The molecule has 0 bridgehead atoms. The number of fused-ring (bicyclic) bond motifs is 1. The van der Waals surface area contributed by atoms with E-state index in [1.54, 1.807) is 0 Å². The molecule has 1 saturated carbocycles. The maximum absolute atomic E-state index is 13.0. The Morgan fingerprint density at radius 2 is 2.04 bits per heavy atom. The summed E-state index contributed by atoms with van der Waals surface area (Å²) in [5, 5.41) is 3.17. The molecule has 2 fully saturated rings. The van der Waals surface area contributed by atoms with Crippen LogP contribution < -0.4 is 5.32 Å². The third-order valence-corrected chi connectivity index (χ3v) is 5.86. The molecule has 0 spiro atoms. The Hall–Kier alpha value is -1.84. The molecule has 1 N–H and O–H groups in total. The summed E-state index contributed by atoms with van der Waals surface area (Å²) in [6.45, 7) is 0.708. The molecule has 1 aromatic rings. The van der Waals surface area contributed by atoms with Crippen LogP contribution in [-0.4, -0.2) is 36.3 Å². The van der Waals surface area contributed by atoms with Gasteiger partial charge in [-0.15, -0.1) is 0 Å². The number of hydrogen-bond acceptors (Lipinski definition) is 2. The number of amides is 2. The first-order chi connectivity index (χ1) is 11.6. The van der Waals surface area contributed by atoms with Gasteiger partial charge in [0.25, 0.3) is 0 Å². The Balaban J connectivity index is 1.57. The molecule has 2 atom stereocenters. The fourth-order valence-corrected chi connectivity index (χ4v) is 4.45. The van der Waals surface area contributed by atoms with E-state index in [1.165, 1.54) is 5.56 Å². The summed E-state index contributed by atoms with van der Waals surface area (Å²) in [5.41, 5.74) is 0.955. The molecule has 2 aliphatic rings. The van der Waals surface area contributed by atoms with Crippen molar-refractivity contribution in [3.05, 3.63) is 35.9 Å². The fraction of sp³-hybridized carbons (Fsp3) is 0.600. The summed E-state index contributed by atoms with van der Waals surface area (Å²) in [4.78, 5) is 26.8. The summed E-state index contributed by atoms with van der Waals surface area (Å²) in [5.74, 6) is 0.356. The van der Waals surface area contributed by atoms with Crippen molar-refractivity contribution >= 4 is 11.8 Å². The molecule has 0 radical (unpaired) electrons. The van der Waals surface area contributed by atoms with Crippen molar-refractivity contribution in [2.75, 3.05) is 13.6 Å². The van der Waals surface area contributed by atoms with Gasteiger partial charge in [-0.25, -0.2) is 0 Å². The van der Waals surface area contributed by atoms with Gasteiger partial charge < -0.3 is 10.2 Å². The number of hydrogen-bond donors (Lipinski definition) is 1. The summed E-state index contributed by atoms with van der Waals surface area (Å²) in [6.07, 6.45) is 7.23. The highest BCUT2D eigenvalue weighted by Gasteiger charge is 2.52. The zero-order valence-electron chi connectivity index (χ0n) is 14.6. The number of nitrogens with one attached hydrogen (secondary N) is 1. The first-order valence-corrected chi connectivity index (χ1v) is 9.21. The van der Waals surface area contributed by atoms with Crippen LogP contribution in [0.15, 0.2) is 30.3 Å². The van der Waals surface area contributed by atoms with Gasteiger partial charge >= 0.3 is 0 Å². The van der Waals surface area contributed by atoms with Gasteiger partial charge in [-0.1, -0.05) is 43.2 Å². The van der Waals surface area contributed by atoms with E-state index in [2.05, 4.69) is 17.4 Å².